The first-order valence-electron chi connectivity index (χ1n) is 7.41. The van der Waals surface area contributed by atoms with Crippen molar-refractivity contribution < 1.29 is 0 Å². The van der Waals surface area contributed by atoms with Gasteiger partial charge in [-0.05, 0) is 56.6 Å². The zero-order valence-electron chi connectivity index (χ0n) is 12.8. The molecule has 0 radical (unpaired) electrons. The summed E-state index contributed by atoms with van der Waals surface area (Å²) in [5.74, 6) is 0. The van der Waals surface area contributed by atoms with Gasteiger partial charge in [0.2, 0.25) is 0 Å². The standard InChI is InChI=1S/C16H28N2S/c1-16(2)9-7-13(8-10-16)17-12-14(18(3)4)15-6-5-11-19-15/h5-6,11,13-14,17H,7-10,12H2,1-4H3. The Balaban J connectivity index is 1.83. The minimum Gasteiger partial charge on any atom is -0.312 e. The van der Waals surface area contributed by atoms with Crippen molar-refractivity contribution in [2.45, 2.75) is 51.6 Å². The maximum atomic E-state index is 3.79. The van der Waals surface area contributed by atoms with Crippen LogP contribution in [0.25, 0.3) is 0 Å². The highest BCUT2D eigenvalue weighted by Crippen LogP contribution is 2.35. The average molecular weight is 280 g/mol. The number of thiophene rings is 1. The molecule has 0 aliphatic heterocycles. The molecule has 2 rings (SSSR count). The first-order valence-corrected chi connectivity index (χ1v) is 8.29. The molecule has 1 aliphatic carbocycles. The van der Waals surface area contributed by atoms with E-state index in [4.69, 9.17) is 0 Å². The Kier molecular flexibility index (Phi) is 5.04. The Bertz CT molecular complexity index is 360. The largest absolute Gasteiger partial charge is 0.312 e. The Morgan fingerprint density at radius 2 is 2.05 bits per heavy atom. The quantitative estimate of drug-likeness (QED) is 0.879. The van der Waals surface area contributed by atoms with Crippen LogP contribution in [-0.4, -0.2) is 31.6 Å². The van der Waals surface area contributed by atoms with E-state index in [0.29, 0.717) is 11.5 Å². The molecule has 1 aromatic heterocycles. The van der Waals surface area contributed by atoms with Crippen LogP contribution >= 0.6 is 11.3 Å². The second kappa shape index (κ2) is 6.38. The highest BCUT2D eigenvalue weighted by molar-refractivity contribution is 7.10. The molecular weight excluding hydrogens is 252 g/mol. The number of nitrogens with one attached hydrogen (secondary N) is 1. The summed E-state index contributed by atoms with van der Waals surface area (Å²) in [6.45, 7) is 5.87. The van der Waals surface area contributed by atoms with E-state index in [9.17, 15) is 0 Å². The molecule has 1 unspecified atom stereocenters. The van der Waals surface area contributed by atoms with E-state index in [1.807, 2.05) is 11.3 Å². The average Bonchev–Trinajstić information content (AvgIpc) is 2.84. The van der Waals surface area contributed by atoms with Crippen molar-refractivity contribution in [1.82, 2.24) is 10.2 Å². The maximum Gasteiger partial charge on any atom is 0.0561 e. The molecule has 1 fully saturated rings. The summed E-state index contributed by atoms with van der Waals surface area (Å²) in [5, 5.41) is 5.97. The third-order valence-electron chi connectivity index (χ3n) is 4.43. The molecule has 1 aliphatic rings. The van der Waals surface area contributed by atoms with Gasteiger partial charge in [0.1, 0.15) is 0 Å². The van der Waals surface area contributed by atoms with Gasteiger partial charge in [0.05, 0.1) is 6.04 Å². The van der Waals surface area contributed by atoms with Crippen molar-refractivity contribution in [1.29, 1.82) is 0 Å². The van der Waals surface area contributed by atoms with Gasteiger partial charge in [-0.15, -0.1) is 11.3 Å². The van der Waals surface area contributed by atoms with Gasteiger partial charge in [0, 0.05) is 17.5 Å². The Morgan fingerprint density at radius 1 is 1.37 bits per heavy atom. The first kappa shape index (κ1) is 15.0. The molecular formula is C16H28N2S. The summed E-state index contributed by atoms with van der Waals surface area (Å²) in [6.07, 6.45) is 5.38. The molecule has 0 spiro atoms. The summed E-state index contributed by atoms with van der Waals surface area (Å²) in [4.78, 5) is 3.79. The van der Waals surface area contributed by atoms with E-state index in [0.717, 1.165) is 12.6 Å². The molecule has 2 nitrogen and oxygen atoms in total. The maximum absolute atomic E-state index is 3.79. The zero-order valence-corrected chi connectivity index (χ0v) is 13.6. The lowest BCUT2D eigenvalue weighted by atomic mass is 9.75. The van der Waals surface area contributed by atoms with Crippen molar-refractivity contribution in [2.24, 2.45) is 5.41 Å². The van der Waals surface area contributed by atoms with Crippen LogP contribution in [-0.2, 0) is 0 Å². The van der Waals surface area contributed by atoms with Crippen LogP contribution in [0.3, 0.4) is 0 Å². The monoisotopic (exact) mass is 280 g/mol. The van der Waals surface area contributed by atoms with E-state index in [1.165, 1.54) is 30.6 Å². The molecule has 0 amide bonds. The van der Waals surface area contributed by atoms with Gasteiger partial charge >= 0.3 is 0 Å². The molecule has 1 aromatic rings. The molecule has 108 valence electrons. The lowest BCUT2D eigenvalue weighted by Gasteiger charge is -2.36. The van der Waals surface area contributed by atoms with Crippen molar-refractivity contribution in [3.63, 3.8) is 0 Å². The summed E-state index contributed by atoms with van der Waals surface area (Å²) >= 11 is 1.86. The Morgan fingerprint density at radius 3 is 2.58 bits per heavy atom. The predicted molar refractivity (Wildman–Crippen MR) is 84.8 cm³/mol. The van der Waals surface area contributed by atoms with Crippen LogP contribution in [0.2, 0.25) is 0 Å². The normalized spacial score (nSPS) is 21.7. The van der Waals surface area contributed by atoms with E-state index >= 15 is 0 Å². The van der Waals surface area contributed by atoms with Gasteiger partial charge in [-0.25, -0.2) is 0 Å². The first-order chi connectivity index (χ1) is 8.98. The van der Waals surface area contributed by atoms with Crippen LogP contribution in [0.5, 0.6) is 0 Å². The number of rotatable bonds is 5. The fraction of sp³-hybridized carbons (Fsp3) is 0.750. The Labute approximate surface area is 122 Å². The molecule has 1 atom stereocenters. The topological polar surface area (TPSA) is 15.3 Å². The van der Waals surface area contributed by atoms with Crippen molar-refractivity contribution in [3.8, 4) is 0 Å². The van der Waals surface area contributed by atoms with Gasteiger partial charge in [0.25, 0.3) is 0 Å². The SMILES string of the molecule is CN(C)C(CNC1CCC(C)(C)CC1)c1cccs1. The van der Waals surface area contributed by atoms with Gasteiger partial charge in [-0.3, -0.25) is 0 Å². The van der Waals surface area contributed by atoms with E-state index in [1.54, 1.807) is 0 Å². The van der Waals surface area contributed by atoms with E-state index in [2.05, 4.69) is 55.7 Å². The summed E-state index contributed by atoms with van der Waals surface area (Å²) in [7, 11) is 4.35. The van der Waals surface area contributed by atoms with Crippen molar-refractivity contribution >= 4 is 11.3 Å². The smallest absolute Gasteiger partial charge is 0.0561 e. The summed E-state index contributed by atoms with van der Waals surface area (Å²) < 4.78 is 0. The minimum atomic E-state index is 0.509. The number of likely N-dealkylation sites (N-methyl/N-ethyl adjacent to an activating group) is 1. The molecule has 1 saturated carbocycles. The van der Waals surface area contributed by atoms with Crippen LogP contribution in [0.1, 0.15) is 50.4 Å². The van der Waals surface area contributed by atoms with Crippen LogP contribution in [0.4, 0.5) is 0 Å². The van der Waals surface area contributed by atoms with Crippen molar-refractivity contribution in [2.75, 3.05) is 20.6 Å². The van der Waals surface area contributed by atoms with Gasteiger partial charge in [-0.1, -0.05) is 19.9 Å². The third-order valence-corrected chi connectivity index (χ3v) is 5.41. The second-order valence-electron chi connectivity index (χ2n) is 6.84. The molecule has 1 heterocycles. The summed E-state index contributed by atoms with van der Waals surface area (Å²) in [5.41, 5.74) is 0.562. The van der Waals surface area contributed by atoms with Gasteiger partial charge in [-0.2, -0.15) is 0 Å². The molecule has 19 heavy (non-hydrogen) atoms. The van der Waals surface area contributed by atoms with E-state index in [-0.39, 0.29) is 0 Å². The molecule has 3 heteroatoms. The minimum absolute atomic E-state index is 0.509. The highest BCUT2D eigenvalue weighted by Gasteiger charge is 2.27. The predicted octanol–water partition coefficient (Wildman–Crippen LogP) is 3.91. The molecule has 0 saturated heterocycles. The lowest BCUT2D eigenvalue weighted by Crippen LogP contribution is -2.40. The van der Waals surface area contributed by atoms with Gasteiger partial charge < -0.3 is 10.2 Å². The lowest BCUT2D eigenvalue weighted by molar-refractivity contribution is 0.195. The number of hydrogen-bond donors (Lipinski definition) is 1. The zero-order chi connectivity index (χ0) is 13.9. The summed E-state index contributed by atoms with van der Waals surface area (Å²) in [6, 6.07) is 5.63. The second-order valence-corrected chi connectivity index (χ2v) is 7.82. The molecule has 0 aromatic carbocycles. The molecule has 0 bridgehead atoms. The Hall–Kier alpha value is -0.380. The van der Waals surface area contributed by atoms with E-state index < -0.39 is 0 Å². The fourth-order valence-corrected chi connectivity index (χ4v) is 3.82. The fourth-order valence-electron chi connectivity index (χ4n) is 2.90. The van der Waals surface area contributed by atoms with Crippen LogP contribution in [0.15, 0.2) is 17.5 Å². The molecule has 1 N–H and O–H groups in total. The third kappa shape index (κ3) is 4.30. The van der Waals surface area contributed by atoms with Crippen LogP contribution in [0, 0.1) is 5.41 Å². The highest BCUT2D eigenvalue weighted by atomic mass is 32.1. The number of nitrogens with zero attached hydrogens (tertiary/aromatic N) is 1. The van der Waals surface area contributed by atoms with Gasteiger partial charge in [0.15, 0.2) is 0 Å². The van der Waals surface area contributed by atoms with Crippen molar-refractivity contribution in [3.05, 3.63) is 22.4 Å². The number of hydrogen-bond acceptors (Lipinski definition) is 3. The van der Waals surface area contributed by atoms with Crippen LogP contribution < -0.4 is 5.32 Å².